The number of amides is 1. The number of rotatable bonds is 6. The van der Waals surface area contributed by atoms with Gasteiger partial charge >= 0.3 is 5.97 Å². The Morgan fingerprint density at radius 1 is 1.29 bits per heavy atom. The number of aliphatic carboxylic acids is 1. The van der Waals surface area contributed by atoms with E-state index < -0.39 is 5.97 Å². The highest BCUT2D eigenvalue weighted by Crippen LogP contribution is 2.19. The molecule has 0 heterocycles. The van der Waals surface area contributed by atoms with E-state index in [0.29, 0.717) is 5.56 Å². The summed E-state index contributed by atoms with van der Waals surface area (Å²) in [5.74, 6) is -1.13. The minimum absolute atomic E-state index is 0.121. The van der Waals surface area contributed by atoms with Gasteiger partial charge in [0, 0.05) is 17.2 Å². The standard InChI is InChI=1S/C17H23NO3/c1-5-17(4,6-2)18-16(21)14-9-7-8-13(12(14)3)10-11-15(19)20/h7-11H,5-6H2,1-4H3,(H,18,21)(H,19,20)/b11-10+. The zero-order chi connectivity index (χ0) is 16.0. The van der Waals surface area contributed by atoms with Gasteiger partial charge in [-0.3, -0.25) is 4.79 Å². The normalized spacial score (nSPS) is 11.6. The van der Waals surface area contributed by atoms with Gasteiger partial charge in [-0.25, -0.2) is 4.79 Å². The molecule has 0 aromatic heterocycles. The van der Waals surface area contributed by atoms with Crippen molar-refractivity contribution in [2.75, 3.05) is 0 Å². The predicted molar refractivity (Wildman–Crippen MR) is 84.3 cm³/mol. The minimum atomic E-state index is -1.01. The number of carbonyl (C=O) groups excluding carboxylic acids is 1. The zero-order valence-corrected chi connectivity index (χ0v) is 13.1. The van der Waals surface area contributed by atoms with Gasteiger partial charge in [-0.1, -0.05) is 26.0 Å². The Hall–Kier alpha value is -2.10. The summed E-state index contributed by atoms with van der Waals surface area (Å²) >= 11 is 0. The van der Waals surface area contributed by atoms with E-state index in [0.717, 1.165) is 30.0 Å². The molecule has 1 rings (SSSR count). The summed E-state index contributed by atoms with van der Waals surface area (Å²) in [6.07, 6.45) is 4.29. The first-order valence-electron chi connectivity index (χ1n) is 7.16. The largest absolute Gasteiger partial charge is 0.478 e. The molecule has 0 atom stereocenters. The molecule has 0 unspecified atom stereocenters. The van der Waals surface area contributed by atoms with Crippen LogP contribution in [0.3, 0.4) is 0 Å². The van der Waals surface area contributed by atoms with Gasteiger partial charge in [-0.05, 0) is 50.0 Å². The molecule has 0 aliphatic rings. The van der Waals surface area contributed by atoms with Crippen LogP contribution in [-0.2, 0) is 4.79 Å². The van der Waals surface area contributed by atoms with Crippen molar-refractivity contribution in [1.82, 2.24) is 5.32 Å². The summed E-state index contributed by atoms with van der Waals surface area (Å²) in [4.78, 5) is 23.0. The number of carbonyl (C=O) groups is 2. The lowest BCUT2D eigenvalue weighted by Crippen LogP contribution is -2.45. The summed E-state index contributed by atoms with van der Waals surface area (Å²) in [5.41, 5.74) is 1.87. The number of carboxylic acids is 1. The average molecular weight is 289 g/mol. The fourth-order valence-corrected chi connectivity index (χ4v) is 2.01. The number of carboxylic acid groups (broad SMARTS) is 1. The number of nitrogens with one attached hydrogen (secondary N) is 1. The summed E-state index contributed by atoms with van der Waals surface area (Å²) in [6, 6.07) is 5.32. The molecule has 1 aromatic rings. The van der Waals surface area contributed by atoms with Gasteiger partial charge in [-0.2, -0.15) is 0 Å². The number of hydrogen-bond acceptors (Lipinski definition) is 2. The van der Waals surface area contributed by atoms with Crippen LogP contribution >= 0.6 is 0 Å². The van der Waals surface area contributed by atoms with E-state index >= 15 is 0 Å². The van der Waals surface area contributed by atoms with Crippen LogP contribution < -0.4 is 5.32 Å². The fraction of sp³-hybridized carbons (Fsp3) is 0.412. The van der Waals surface area contributed by atoms with Gasteiger partial charge in [0.15, 0.2) is 0 Å². The molecule has 0 aliphatic heterocycles. The monoisotopic (exact) mass is 289 g/mol. The molecule has 0 saturated heterocycles. The molecule has 0 saturated carbocycles. The third-order valence-corrected chi connectivity index (χ3v) is 4.00. The molecular weight excluding hydrogens is 266 g/mol. The van der Waals surface area contributed by atoms with Crippen molar-refractivity contribution in [2.24, 2.45) is 0 Å². The molecule has 0 radical (unpaired) electrons. The third-order valence-electron chi connectivity index (χ3n) is 4.00. The van der Waals surface area contributed by atoms with E-state index in [1.807, 2.05) is 27.7 Å². The molecule has 4 nitrogen and oxygen atoms in total. The van der Waals surface area contributed by atoms with Crippen molar-refractivity contribution >= 4 is 18.0 Å². The van der Waals surface area contributed by atoms with E-state index in [-0.39, 0.29) is 11.4 Å². The molecule has 0 spiro atoms. The van der Waals surface area contributed by atoms with Crippen LogP contribution in [0.1, 0.15) is 55.1 Å². The van der Waals surface area contributed by atoms with E-state index in [4.69, 9.17) is 5.11 Å². The average Bonchev–Trinajstić information content (AvgIpc) is 2.45. The summed E-state index contributed by atoms with van der Waals surface area (Å²) in [5, 5.41) is 11.8. The van der Waals surface area contributed by atoms with Gasteiger partial charge < -0.3 is 10.4 Å². The van der Waals surface area contributed by atoms with Crippen LogP contribution in [0.4, 0.5) is 0 Å². The third kappa shape index (κ3) is 4.45. The second-order valence-electron chi connectivity index (χ2n) is 5.41. The maximum Gasteiger partial charge on any atom is 0.328 e. The van der Waals surface area contributed by atoms with Crippen molar-refractivity contribution < 1.29 is 14.7 Å². The van der Waals surface area contributed by atoms with Gasteiger partial charge in [0.25, 0.3) is 5.91 Å². The maximum absolute atomic E-state index is 12.4. The molecule has 1 amide bonds. The predicted octanol–water partition coefficient (Wildman–Crippen LogP) is 3.40. The van der Waals surface area contributed by atoms with Crippen molar-refractivity contribution in [3.05, 3.63) is 41.0 Å². The first kappa shape index (κ1) is 17.0. The van der Waals surface area contributed by atoms with E-state index in [1.54, 1.807) is 18.2 Å². The number of hydrogen-bond donors (Lipinski definition) is 2. The van der Waals surface area contributed by atoms with E-state index in [2.05, 4.69) is 5.32 Å². The van der Waals surface area contributed by atoms with Gasteiger partial charge in [0.1, 0.15) is 0 Å². The zero-order valence-electron chi connectivity index (χ0n) is 13.1. The first-order chi connectivity index (χ1) is 9.83. The van der Waals surface area contributed by atoms with Crippen molar-refractivity contribution in [2.45, 2.75) is 46.1 Å². The van der Waals surface area contributed by atoms with Gasteiger partial charge in [0.2, 0.25) is 0 Å². The molecule has 4 heteroatoms. The summed E-state index contributed by atoms with van der Waals surface area (Å²) in [6.45, 7) is 7.94. The lowest BCUT2D eigenvalue weighted by atomic mass is 9.94. The quantitative estimate of drug-likeness (QED) is 0.789. The lowest BCUT2D eigenvalue weighted by Gasteiger charge is -2.28. The molecular formula is C17H23NO3. The van der Waals surface area contributed by atoms with E-state index in [1.165, 1.54) is 6.08 Å². The van der Waals surface area contributed by atoms with Crippen LogP contribution in [-0.4, -0.2) is 22.5 Å². The fourth-order valence-electron chi connectivity index (χ4n) is 2.01. The lowest BCUT2D eigenvalue weighted by molar-refractivity contribution is -0.131. The Balaban J connectivity index is 3.06. The molecule has 114 valence electrons. The Morgan fingerprint density at radius 3 is 2.43 bits per heavy atom. The highest BCUT2D eigenvalue weighted by Gasteiger charge is 2.23. The van der Waals surface area contributed by atoms with Crippen molar-refractivity contribution in [3.63, 3.8) is 0 Å². The summed E-state index contributed by atoms with van der Waals surface area (Å²) in [7, 11) is 0. The van der Waals surface area contributed by atoms with Crippen LogP contribution in [0.2, 0.25) is 0 Å². The Morgan fingerprint density at radius 2 is 1.90 bits per heavy atom. The van der Waals surface area contributed by atoms with Crippen LogP contribution in [0.15, 0.2) is 24.3 Å². The van der Waals surface area contributed by atoms with E-state index in [9.17, 15) is 9.59 Å². The SMILES string of the molecule is CCC(C)(CC)NC(=O)c1cccc(/C=C/C(=O)O)c1C. The Kier molecular flexibility index (Phi) is 5.70. The summed E-state index contributed by atoms with van der Waals surface area (Å²) < 4.78 is 0. The topological polar surface area (TPSA) is 66.4 Å². The Labute approximate surface area is 125 Å². The highest BCUT2D eigenvalue weighted by molar-refractivity contribution is 5.97. The molecule has 21 heavy (non-hydrogen) atoms. The van der Waals surface area contributed by atoms with Gasteiger partial charge in [0.05, 0.1) is 0 Å². The van der Waals surface area contributed by atoms with Crippen molar-refractivity contribution in [1.29, 1.82) is 0 Å². The highest BCUT2D eigenvalue weighted by atomic mass is 16.4. The molecule has 0 fully saturated rings. The second kappa shape index (κ2) is 7.07. The molecule has 1 aromatic carbocycles. The molecule has 0 aliphatic carbocycles. The maximum atomic E-state index is 12.4. The second-order valence-corrected chi connectivity index (χ2v) is 5.41. The van der Waals surface area contributed by atoms with Gasteiger partial charge in [-0.15, -0.1) is 0 Å². The first-order valence-corrected chi connectivity index (χ1v) is 7.16. The van der Waals surface area contributed by atoms with Crippen LogP contribution in [0.25, 0.3) is 6.08 Å². The minimum Gasteiger partial charge on any atom is -0.478 e. The molecule has 0 bridgehead atoms. The Bertz CT molecular complexity index is 557. The number of benzene rings is 1. The van der Waals surface area contributed by atoms with Crippen LogP contribution in [0, 0.1) is 6.92 Å². The van der Waals surface area contributed by atoms with Crippen LogP contribution in [0.5, 0.6) is 0 Å². The molecule has 2 N–H and O–H groups in total. The smallest absolute Gasteiger partial charge is 0.328 e. The van der Waals surface area contributed by atoms with Crippen molar-refractivity contribution in [3.8, 4) is 0 Å².